The van der Waals surface area contributed by atoms with Crippen LogP contribution in [0.3, 0.4) is 0 Å². The molecule has 1 heteroatoms. The van der Waals surface area contributed by atoms with Gasteiger partial charge in [0, 0.05) is 11.6 Å². The number of hydrogen-bond acceptors (Lipinski definition) is 1. The van der Waals surface area contributed by atoms with Gasteiger partial charge in [-0.1, -0.05) is 51.7 Å². The quantitative estimate of drug-likeness (QED) is 0.559. The molecule has 0 aromatic rings. The maximum atomic E-state index is 4.93. The predicted octanol–water partition coefficient (Wildman–Crippen LogP) is 6.05. The lowest BCUT2D eigenvalue weighted by Gasteiger charge is -2.33. The minimum absolute atomic E-state index is 0.696. The van der Waals surface area contributed by atoms with Crippen molar-refractivity contribution >= 4 is 5.71 Å². The first-order chi connectivity index (χ1) is 9.97. The minimum atomic E-state index is 0.696. The van der Waals surface area contributed by atoms with Crippen molar-refractivity contribution in [3.8, 4) is 0 Å². The van der Waals surface area contributed by atoms with E-state index in [-0.39, 0.29) is 0 Å². The second-order valence-corrected chi connectivity index (χ2v) is 8.23. The number of dihydropyridines is 1. The first-order valence-corrected chi connectivity index (χ1v) is 9.19. The summed E-state index contributed by atoms with van der Waals surface area (Å²) in [6, 6.07) is 0. The highest BCUT2D eigenvalue weighted by molar-refractivity contribution is 5.90. The van der Waals surface area contributed by atoms with Gasteiger partial charge in [0.25, 0.3) is 0 Å². The minimum Gasteiger partial charge on any atom is -0.289 e. The summed E-state index contributed by atoms with van der Waals surface area (Å²) in [6.45, 7) is 12.7. The standard InChI is InChI=1S/C20H35N/c1-14(2)11-17-7-6-8-19-18(10-9-17)16(5)13-21-20(19)12-15(3)4/h14-15,17,19H,6-13H2,1-5H3. The summed E-state index contributed by atoms with van der Waals surface area (Å²) in [5, 5.41) is 0. The third-order valence-corrected chi connectivity index (χ3v) is 5.24. The molecule has 0 bridgehead atoms. The van der Waals surface area contributed by atoms with Crippen LogP contribution in [0.2, 0.25) is 0 Å². The van der Waals surface area contributed by atoms with Crippen LogP contribution in [0, 0.1) is 23.7 Å². The van der Waals surface area contributed by atoms with Crippen LogP contribution in [0.25, 0.3) is 0 Å². The van der Waals surface area contributed by atoms with Crippen LogP contribution in [0.4, 0.5) is 0 Å². The Morgan fingerprint density at radius 2 is 1.81 bits per heavy atom. The molecule has 0 saturated heterocycles. The molecule has 0 N–H and O–H groups in total. The molecule has 0 aromatic heterocycles. The highest BCUT2D eigenvalue weighted by Gasteiger charge is 2.28. The van der Waals surface area contributed by atoms with Crippen LogP contribution >= 0.6 is 0 Å². The summed E-state index contributed by atoms with van der Waals surface area (Å²) in [4.78, 5) is 4.93. The average molecular weight is 290 g/mol. The molecule has 1 heterocycles. The van der Waals surface area contributed by atoms with E-state index in [0.29, 0.717) is 5.92 Å². The molecule has 2 unspecified atom stereocenters. The maximum Gasteiger partial charge on any atom is 0.0599 e. The Morgan fingerprint density at radius 3 is 2.48 bits per heavy atom. The molecule has 1 saturated carbocycles. The van der Waals surface area contributed by atoms with Crippen molar-refractivity contribution in [1.29, 1.82) is 0 Å². The second-order valence-electron chi connectivity index (χ2n) is 8.23. The van der Waals surface area contributed by atoms with Crippen LogP contribution < -0.4 is 0 Å². The van der Waals surface area contributed by atoms with E-state index in [2.05, 4.69) is 34.6 Å². The largest absolute Gasteiger partial charge is 0.289 e. The van der Waals surface area contributed by atoms with E-state index in [1.54, 1.807) is 11.1 Å². The average Bonchev–Trinajstić information content (AvgIpc) is 2.36. The van der Waals surface area contributed by atoms with Crippen LogP contribution in [0.15, 0.2) is 16.1 Å². The topological polar surface area (TPSA) is 12.4 Å². The van der Waals surface area contributed by atoms with E-state index >= 15 is 0 Å². The fourth-order valence-electron chi connectivity index (χ4n) is 4.30. The van der Waals surface area contributed by atoms with Crippen molar-refractivity contribution in [1.82, 2.24) is 0 Å². The zero-order valence-corrected chi connectivity index (χ0v) is 14.9. The molecule has 1 aliphatic carbocycles. The Kier molecular flexibility index (Phi) is 6.08. The Labute approximate surface area is 132 Å². The highest BCUT2D eigenvalue weighted by Crippen LogP contribution is 2.38. The number of nitrogens with zero attached hydrogens (tertiary/aromatic N) is 1. The number of hydrogen-bond donors (Lipinski definition) is 0. The zero-order valence-electron chi connectivity index (χ0n) is 14.9. The van der Waals surface area contributed by atoms with E-state index in [9.17, 15) is 0 Å². The SMILES string of the molecule is CC1=C2CCC(CC(C)C)CCCC2C(CC(C)C)=NC1. The van der Waals surface area contributed by atoms with Crippen LogP contribution in [-0.4, -0.2) is 12.3 Å². The van der Waals surface area contributed by atoms with Crippen molar-refractivity contribution in [3.63, 3.8) is 0 Å². The molecule has 2 aliphatic rings. The van der Waals surface area contributed by atoms with Gasteiger partial charge in [-0.05, 0) is 56.8 Å². The molecular formula is C20H35N. The molecule has 1 nitrogen and oxygen atoms in total. The van der Waals surface area contributed by atoms with Gasteiger partial charge in [-0.3, -0.25) is 4.99 Å². The van der Waals surface area contributed by atoms with Gasteiger partial charge in [0.05, 0.1) is 6.54 Å². The van der Waals surface area contributed by atoms with Crippen molar-refractivity contribution < 1.29 is 0 Å². The summed E-state index contributed by atoms with van der Waals surface area (Å²) in [5.74, 6) is 3.24. The lowest BCUT2D eigenvalue weighted by Crippen LogP contribution is -2.26. The molecule has 1 aliphatic heterocycles. The first-order valence-electron chi connectivity index (χ1n) is 9.19. The van der Waals surface area contributed by atoms with Crippen molar-refractivity contribution in [2.24, 2.45) is 28.7 Å². The third-order valence-electron chi connectivity index (χ3n) is 5.24. The molecule has 2 rings (SSSR count). The summed E-state index contributed by atoms with van der Waals surface area (Å²) < 4.78 is 0. The smallest absolute Gasteiger partial charge is 0.0599 e. The lowest BCUT2D eigenvalue weighted by atomic mass is 9.74. The molecule has 120 valence electrons. The molecule has 0 spiro atoms. The van der Waals surface area contributed by atoms with Gasteiger partial charge in [0.2, 0.25) is 0 Å². The number of rotatable bonds is 4. The normalized spacial score (nSPS) is 27.5. The Morgan fingerprint density at radius 1 is 1.05 bits per heavy atom. The summed E-state index contributed by atoms with van der Waals surface area (Å²) >= 11 is 0. The number of allylic oxidation sites excluding steroid dienone is 1. The van der Waals surface area contributed by atoms with E-state index in [0.717, 1.165) is 24.3 Å². The van der Waals surface area contributed by atoms with Gasteiger partial charge < -0.3 is 0 Å². The number of fused-ring (bicyclic) bond motifs is 1. The Bertz CT molecular complexity index is 400. The number of aliphatic imine (C=N–C) groups is 1. The molecule has 0 amide bonds. The van der Waals surface area contributed by atoms with Crippen LogP contribution in [0.1, 0.15) is 79.6 Å². The van der Waals surface area contributed by atoms with Gasteiger partial charge in [-0.25, -0.2) is 0 Å². The van der Waals surface area contributed by atoms with E-state index in [1.807, 2.05) is 0 Å². The Balaban J connectivity index is 2.07. The van der Waals surface area contributed by atoms with Crippen molar-refractivity contribution in [2.45, 2.75) is 79.6 Å². The monoisotopic (exact) mass is 289 g/mol. The summed E-state index contributed by atoms with van der Waals surface area (Å²) in [6.07, 6.45) is 9.57. The van der Waals surface area contributed by atoms with Crippen molar-refractivity contribution in [3.05, 3.63) is 11.1 Å². The fraction of sp³-hybridized carbons (Fsp3) is 0.850. The highest BCUT2D eigenvalue weighted by atomic mass is 14.8. The van der Waals surface area contributed by atoms with Crippen LogP contribution in [0.5, 0.6) is 0 Å². The Hall–Kier alpha value is -0.590. The van der Waals surface area contributed by atoms with Gasteiger partial charge in [0.1, 0.15) is 0 Å². The third kappa shape index (κ3) is 4.69. The van der Waals surface area contributed by atoms with Gasteiger partial charge in [0.15, 0.2) is 0 Å². The predicted molar refractivity (Wildman–Crippen MR) is 94.0 cm³/mol. The summed E-state index contributed by atoms with van der Waals surface area (Å²) in [7, 11) is 0. The second kappa shape index (κ2) is 7.61. The van der Waals surface area contributed by atoms with Gasteiger partial charge in [-0.2, -0.15) is 0 Å². The van der Waals surface area contributed by atoms with Gasteiger partial charge >= 0.3 is 0 Å². The molecule has 0 aromatic carbocycles. The van der Waals surface area contributed by atoms with E-state index in [1.165, 1.54) is 50.7 Å². The maximum absolute atomic E-state index is 4.93. The van der Waals surface area contributed by atoms with Crippen LogP contribution in [-0.2, 0) is 0 Å². The lowest BCUT2D eigenvalue weighted by molar-refractivity contribution is 0.331. The van der Waals surface area contributed by atoms with Crippen molar-refractivity contribution in [2.75, 3.05) is 6.54 Å². The zero-order chi connectivity index (χ0) is 15.4. The van der Waals surface area contributed by atoms with Gasteiger partial charge in [-0.15, -0.1) is 0 Å². The molecular weight excluding hydrogens is 254 g/mol. The summed E-state index contributed by atoms with van der Waals surface area (Å²) in [5.41, 5.74) is 4.87. The molecule has 1 fully saturated rings. The first kappa shape index (κ1) is 16.8. The van der Waals surface area contributed by atoms with E-state index < -0.39 is 0 Å². The van der Waals surface area contributed by atoms with E-state index in [4.69, 9.17) is 4.99 Å². The molecule has 2 atom stereocenters. The molecule has 21 heavy (non-hydrogen) atoms. The molecule has 0 radical (unpaired) electrons. The fourth-order valence-corrected chi connectivity index (χ4v) is 4.30.